The summed E-state index contributed by atoms with van der Waals surface area (Å²) in [6, 6.07) is 6.07. The van der Waals surface area contributed by atoms with E-state index in [1.165, 1.54) is 4.68 Å². The first kappa shape index (κ1) is 15.2. The molecule has 2 aromatic rings. The number of para-hydroxylation sites is 1. The highest BCUT2D eigenvalue weighted by atomic mass is 16.5. The predicted octanol–water partition coefficient (Wildman–Crippen LogP) is 2.65. The molecule has 126 valence electrons. The number of benzene rings is 1. The van der Waals surface area contributed by atoms with Crippen LogP contribution in [-0.4, -0.2) is 28.8 Å². The van der Waals surface area contributed by atoms with Crippen molar-refractivity contribution in [2.45, 2.75) is 38.7 Å². The van der Waals surface area contributed by atoms with E-state index in [9.17, 15) is 4.79 Å². The Morgan fingerprint density at radius 1 is 1.46 bits per heavy atom. The number of aromatic nitrogens is 2. The Hall–Kier alpha value is -2.34. The van der Waals surface area contributed by atoms with E-state index in [0.29, 0.717) is 18.8 Å². The van der Waals surface area contributed by atoms with Crippen molar-refractivity contribution in [1.29, 1.82) is 0 Å². The number of ether oxygens (including phenoxy) is 1. The van der Waals surface area contributed by atoms with Crippen molar-refractivity contribution in [1.82, 2.24) is 9.78 Å². The summed E-state index contributed by atoms with van der Waals surface area (Å²) in [7, 11) is 0. The molecule has 1 aromatic carbocycles. The Balaban J connectivity index is 1.75. The van der Waals surface area contributed by atoms with Crippen LogP contribution in [0.25, 0.3) is 0 Å². The fourth-order valence-electron chi connectivity index (χ4n) is 3.83. The van der Waals surface area contributed by atoms with Gasteiger partial charge in [-0.25, -0.2) is 0 Å². The molecular weight excluding hydrogens is 304 g/mol. The highest BCUT2D eigenvalue weighted by Gasteiger charge is 2.33. The summed E-state index contributed by atoms with van der Waals surface area (Å²) in [4.78, 5) is 13.2. The van der Waals surface area contributed by atoms with Gasteiger partial charge in [0, 0.05) is 24.2 Å². The molecule has 0 spiro atoms. The summed E-state index contributed by atoms with van der Waals surface area (Å²) in [5.74, 6) is 0.151. The number of anilines is 2. The van der Waals surface area contributed by atoms with Gasteiger partial charge in [-0.2, -0.15) is 9.78 Å². The third-order valence-electron chi connectivity index (χ3n) is 5.07. The number of hydrogen-bond donors (Lipinski definition) is 2. The number of rotatable bonds is 1. The number of carbonyl (C=O) groups is 1. The molecule has 0 saturated heterocycles. The monoisotopic (exact) mass is 326 g/mol. The number of fused-ring (bicyclic) bond motifs is 2. The first-order valence-electron chi connectivity index (χ1n) is 8.44. The SMILES string of the molecule is Cc1cccc2c1NCCC2C(=O)n1nc2c(c1N)C(C)OCC2. The lowest BCUT2D eigenvalue weighted by molar-refractivity contribution is 0.0556. The first-order chi connectivity index (χ1) is 11.6. The molecule has 0 radical (unpaired) electrons. The zero-order chi connectivity index (χ0) is 16.8. The lowest BCUT2D eigenvalue weighted by Crippen LogP contribution is -2.28. The smallest absolute Gasteiger partial charge is 0.256 e. The fourth-order valence-corrected chi connectivity index (χ4v) is 3.83. The van der Waals surface area contributed by atoms with Crippen molar-refractivity contribution in [3.05, 3.63) is 40.6 Å². The standard InChI is InChI=1S/C18H22N4O2/c1-10-4-3-5-12-13(6-8-20-16(10)12)18(23)22-17(19)15-11(2)24-9-7-14(15)21-22/h3-5,11,13,20H,6-9,19H2,1-2H3. The zero-order valence-electron chi connectivity index (χ0n) is 14.0. The van der Waals surface area contributed by atoms with E-state index < -0.39 is 0 Å². The van der Waals surface area contributed by atoms with Crippen LogP contribution in [0.5, 0.6) is 0 Å². The Morgan fingerprint density at radius 2 is 2.29 bits per heavy atom. The Kier molecular flexibility index (Phi) is 3.57. The third-order valence-corrected chi connectivity index (χ3v) is 5.07. The fraction of sp³-hybridized carbons (Fsp3) is 0.444. The van der Waals surface area contributed by atoms with Gasteiger partial charge in [0.15, 0.2) is 0 Å². The zero-order valence-corrected chi connectivity index (χ0v) is 14.0. The summed E-state index contributed by atoms with van der Waals surface area (Å²) in [5, 5.41) is 7.92. The molecule has 1 aromatic heterocycles. The molecule has 2 atom stereocenters. The number of nitrogens with one attached hydrogen (secondary N) is 1. The van der Waals surface area contributed by atoms with Gasteiger partial charge in [-0.05, 0) is 31.4 Å². The Labute approximate surface area is 141 Å². The number of carbonyl (C=O) groups excluding carboxylic acids is 1. The molecule has 2 aliphatic heterocycles. The van der Waals surface area contributed by atoms with E-state index in [1.807, 2.05) is 19.1 Å². The molecule has 6 nitrogen and oxygen atoms in total. The van der Waals surface area contributed by atoms with Crippen LogP contribution in [0.15, 0.2) is 18.2 Å². The van der Waals surface area contributed by atoms with E-state index >= 15 is 0 Å². The van der Waals surface area contributed by atoms with Crippen LogP contribution in [0.2, 0.25) is 0 Å². The molecule has 2 aliphatic rings. The highest BCUT2D eigenvalue weighted by Crippen LogP contribution is 2.37. The molecule has 4 rings (SSSR count). The van der Waals surface area contributed by atoms with E-state index in [4.69, 9.17) is 10.5 Å². The number of nitrogen functional groups attached to an aromatic ring is 1. The summed E-state index contributed by atoms with van der Waals surface area (Å²) < 4.78 is 7.04. The average Bonchev–Trinajstić information content (AvgIpc) is 2.92. The van der Waals surface area contributed by atoms with Crippen molar-refractivity contribution in [2.75, 3.05) is 24.2 Å². The normalized spacial score (nSPS) is 22.4. The van der Waals surface area contributed by atoms with Crippen LogP contribution in [-0.2, 0) is 11.2 Å². The van der Waals surface area contributed by atoms with Crippen LogP contribution < -0.4 is 11.1 Å². The number of nitrogens with two attached hydrogens (primary N) is 1. The molecule has 3 heterocycles. The van der Waals surface area contributed by atoms with Crippen molar-refractivity contribution < 1.29 is 9.53 Å². The third kappa shape index (κ3) is 2.21. The van der Waals surface area contributed by atoms with Gasteiger partial charge in [0.1, 0.15) is 5.82 Å². The van der Waals surface area contributed by atoms with Gasteiger partial charge in [-0.15, -0.1) is 0 Å². The average molecular weight is 326 g/mol. The van der Waals surface area contributed by atoms with E-state index in [0.717, 1.165) is 41.0 Å². The maximum atomic E-state index is 13.2. The van der Waals surface area contributed by atoms with Gasteiger partial charge >= 0.3 is 0 Å². The molecule has 6 heteroatoms. The quantitative estimate of drug-likeness (QED) is 0.842. The van der Waals surface area contributed by atoms with Crippen molar-refractivity contribution in [3.63, 3.8) is 0 Å². The molecule has 0 amide bonds. The van der Waals surface area contributed by atoms with Crippen LogP contribution in [0, 0.1) is 6.92 Å². The van der Waals surface area contributed by atoms with Gasteiger partial charge in [0.25, 0.3) is 5.91 Å². The van der Waals surface area contributed by atoms with Gasteiger partial charge < -0.3 is 15.8 Å². The highest BCUT2D eigenvalue weighted by molar-refractivity contribution is 5.90. The molecule has 0 aliphatic carbocycles. The molecule has 2 unspecified atom stereocenters. The largest absolute Gasteiger partial charge is 0.385 e. The second-order valence-corrected chi connectivity index (χ2v) is 6.57. The van der Waals surface area contributed by atoms with Crippen LogP contribution >= 0.6 is 0 Å². The van der Waals surface area contributed by atoms with Gasteiger partial charge in [-0.3, -0.25) is 4.79 Å². The second-order valence-electron chi connectivity index (χ2n) is 6.57. The topological polar surface area (TPSA) is 82.2 Å². The predicted molar refractivity (Wildman–Crippen MR) is 92.4 cm³/mol. The maximum Gasteiger partial charge on any atom is 0.256 e. The van der Waals surface area contributed by atoms with Gasteiger partial charge in [0.05, 0.1) is 24.3 Å². The second kappa shape index (κ2) is 5.63. The lowest BCUT2D eigenvalue weighted by Gasteiger charge is -2.27. The first-order valence-corrected chi connectivity index (χ1v) is 8.44. The minimum absolute atomic E-state index is 0.0533. The Morgan fingerprint density at radius 3 is 3.08 bits per heavy atom. The minimum atomic E-state index is -0.221. The van der Waals surface area contributed by atoms with Gasteiger partial charge in [0.2, 0.25) is 0 Å². The maximum absolute atomic E-state index is 13.2. The number of aryl methyl sites for hydroxylation is 1. The lowest BCUT2D eigenvalue weighted by atomic mass is 9.88. The molecule has 24 heavy (non-hydrogen) atoms. The van der Waals surface area contributed by atoms with Crippen molar-refractivity contribution in [2.24, 2.45) is 0 Å². The van der Waals surface area contributed by atoms with Crippen molar-refractivity contribution >= 4 is 17.4 Å². The van der Waals surface area contributed by atoms with E-state index in [1.54, 1.807) is 0 Å². The van der Waals surface area contributed by atoms with Crippen LogP contribution in [0.4, 0.5) is 11.5 Å². The molecule has 3 N–H and O–H groups in total. The summed E-state index contributed by atoms with van der Waals surface area (Å²) in [6.07, 6.45) is 1.33. The molecule has 0 fully saturated rings. The van der Waals surface area contributed by atoms with Gasteiger partial charge in [-0.1, -0.05) is 18.2 Å². The minimum Gasteiger partial charge on any atom is -0.385 e. The van der Waals surface area contributed by atoms with Crippen molar-refractivity contribution in [3.8, 4) is 0 Å². The molecule has 0 bridgehead atoms. The number of hydrogen-bond acceptors (Lipinski definition) is 5. The van der Waals surface area contributed by atoms with E-state index in [-0.39, 0.29) is 17.9 Å². The summed E-state index contributed by atoms with van der Waals surface area (Å²) in [5.41, 5.74) is 11.3. The van der Waals surface area contributed by atoms with E-state index in [2.05, 4.69) is 23.4 Å². The van der Waals surface area contributed by atoms with Crippen LogP contribution in [0.3, 0.4) is 0 Å². The summed E-state index contributed by atoms with van der Waals surface area (Å²) in [6.45, 7) is 5.40. The summed E-state index contributed by atoms with van der Waals surface area (Å²) >= 11 is 0. The number of nitrogens with zero attached hydrogens (tertiary/aromatic N) is 2. The molecular formula is C18H22N4O2. The van der Waals surface area contributed by atoms with Crippen LogP contribution in [0.1, 0.15) is 52.5 Å². The Bertz CT molecular complexity index is 812. The molecule has 0 saturated carbocycles.